The highest BCUT2D eigenvalue weighted by Gasteiger charge is 2.32. The standard InChI is InChI=1S/C29H36FN3O/c1-2-33-29(19-26(31-33)17-21-9-11-27(34)12-10-21)22-13-15-32(16-14-22)20-24-6-4-8-28(24)23-5-3-7-25(30)18-23/h3,5,7,9-12,18-19,22,24,28,34H,2,4,6,8,13-17,20H2,1H3/t24?,28-/m1/s1. The molecule has 34 heavy (non-hydrogen) atoms. The van der Waals surface area contributed by atoms with E-state index in [0.29, 0.717) is 23.5 Å². The van der Waals surface area contributed by atoms with Crippen molar-refractivity contribution in [3.05, 3.63) is 82.9 Å². The molecule has 5 heteroatoms. The van der Waals surface area contributed by atoms with Crippen molar-refractivity contribution in [2.24, 2.45) is 5.92 Å². The van der Waals surface area contributed by atoms with Gasteiger partial charge in [0.15, 0.2) is 0 Å². The molecule has 2 aromatic carbocycles. The summed E-state index contributed by atoms with van der Waals surface area (Å²) in [6.45, 7) is 6.44. The Hall–Kier alpha value is -2.66. The number of aromatic hydroxyl groups is 1. The van der Waals surface area contributed by atoms with E-state index in [0.717, 1.165) is 38.3 Å². The van der Waals surface area contributed by atoms with Crippen LogP contribution in [0.25, 0.3) is 0 Å². The van der Waals surface area contributed by atoms with Gasteiger partial charge < -0.3 is 10.0 Å². The lowest BCUT2D eigenvalue weighted by Gasteiger charge is -2.35. The summed E-state index contributed by atoms with van der Waals surface area (Å²) in [7, 11) is 0. The van der Waals surface area contributed by atoms with Crippen molar-refractivity contribution < 1.29 is 9.50 Å². The first-order valence-corrected chi connectivity index (χ1v) is 12.9. The minimum Gasteiger partial charge on any atom is -0.508 e. The summed E-state index contributed by atoms with van der Waals surface area (Å²) in [5.74, 6) is 1.88. The first-order valence-electron chi connectivity index (χ1n) is 12.9. The molecule has 3 aromatic rings. The smallest absolute Gasteiger partial charge is 0.123 e. The van der Waals surface area contributed by atoms with Crippen molar-refractivity contribution >= 4 is 0 Å². The number of phenols is 1. The number of halogens is 1. The highest BCUT2D eigenvalue weighted by atomic mass is 19.1. The Bertz CT molecular complexity index is 1090. The van der Waals surface area contributed by atoms with Crippen LogP contribution in [0.3, 0.4) is 0 Å². The number of nitrogens with zero attached hydrogens (tertiary/aromatic N) is 3. The number of aryl methyl sites for hydroxylation is 1. The molecule has 1 aliphatic heterocycles. The number of aromatic nitrogens is 2. The molecule has 0 radical (unpaired) electrons. The van der Waals surface area contributed by atoms with E-state index in [9.17, 15) is 9.50 Å². The van der Waals surface area contributed by atoms with Gasteiger partial charge >= 0.3 is 0 Å². The topological polar surface area (TPSA) is 41.3 Å². The van der Waals surface area contributed by atoms with Gasteiger partial charge in [-0.15, -0.1) is 0 Å². The molecule has 1 saturated heterocycles. The van der Waals surface area contributed by atoms with E-state index in [1.54, 1.807) is 24.3 Å². The molecule has 0 bridgehead atoms. The van der Waals surface area contributed by atoms with Crippen molar-refractivity contribution in [2.45, 2.75) is 63.8 Å². The number of likely N-dealkylation sites (tertiary alicyclic amines) is 1. The number of benzene rings is 2. The van der Waals surface area contributed by atoms with Gasteiger partial charge in [-0.1, -0.05) is 30.7 Å². The minimum atomic E-state index is -0.110. The van der Waals surface area contributed by atoms with E-state index in [4.69, 9.17) is 5.10 Å². The van der Waals surface area contributed by atoms with Crippen LogP contribution in [0, 0.1) is 11.7 Å². The predicted molar refractivity (Wildman–Crippen MR) is 134 cm³/mol. The van der Waals surface area contributed by atoms with Crippen molar-refractivity contribution in [3.63, 3.8) is 0 Å². The monoisotopic (exact) mass is 461 g/mol. The van der Waals surface area contributed by atoms with Crippen molar-refractivity contribution in [2.75, 3.05) is 19.6 Å². The third-order valence-electron chi connectivity index (χ3n) is 7.92. The van der Waals surface area contributed by atoms with Crippen LogP contribution in [-0.2, 0) is 13.0 Å². The normalized spacial score (nSPS) is 21.8. The zero-order chi connectivity index (χ0) is 23.5. The molecule has 2 heterocycles. The molecule has 2 atom stereocenters. The fraction of sp³-hybridized carbons (Fsp3) is 0.483. The summed E-state index contributed by atoms with van der Waals surface area (Å²) in [5.41, 5.74) is 4.83. The molecule has 0 amide bonds. The Kier molecular flexibility index (Phi) is 7.00. The van der Waals surface area contributed by atoms with Crippen LogP contribution < -0.4 is 0 Å². The van der Waals surface area contributed by atoms with E-state index in [1.165, 1.54) is 48.9 Å². The summed E-state index contributed by atoms with van der Waals surface area (Å²) in [5, 5.41) is 14.4. The molecule has 1 unspecified atom stereocenters. The predicted octanol–water partition coefficient (Wildman–Crippen LogP) is 6.10. The summed E-state index contributed by atoms with van der Waals surface area (Å²) in [6, 6.07) is 17.0. The molecule has 180 valence electrons. The van der Waals surface area contributed by atoms with Gasteiger partial charge in [0.1, 0.15) is 11.6 Å². The van der Waals surface area contributed by atoms with Crippen LogP contribution in [0.4, 0.5) is 4.39 Å². The second-order valence-electron chi connectivity index (χ2n) is 10.1. The Labute approximate surface area is 202 Å². The number of piperidine rings is 1. The Balaban J connectivity index is 1.19. The number of hydrogen-bond donors (Lipinski definition) is 1. The van der Waals surface area contributed by atoms with Gasteiger partial charge in [-0.2, -0.15) is 5.10 Å². The van der Waals surface area contributed by atoms with Crippen molar-refractivity contribution in [1.29, 1.82) is 0 Å². The van der Waals surface area contributed by atoms with Gasteiger partial charge in [0, 0.05) is 31.1 Å². The zero-order valence-electron chi connectivity index (χ0n) is 20.2. The van der Waals surface area contributed by atoms with Gasteiger partial charge in [0.2, 0.25) is 0 Å². The summed E-state index contributed by atoms with van der Waals surface area (Å²) >= 11 is 0. The van der Waals surface area contributed by atoms with Crippen molar-refractivity contribution in [3.8, 4) is 5.75 Å². The molecule has 1 aromatic heterocycles. The molecule has 4 nitrogen and oxygen atoms in total. The minimum absolute atomic E-state index is 0.110. The van der Waals surface area contributed by atoms with E-state index < -0.39 is 0 Å². The Morgan fingerprint density at radius 2 is 1.79 bits per heavy atom. The van der Waals surface area contributed by atoms with Crippen LogP contribution in [0.2, 0.25) is 0 Å². The van der Waals surface area contributed by atoms with Crippen molar-refractivity contribution in [1.82, 2.24) is 14.7 Å². The van der Waals surface area contributed by atoms with E-state index in [2.05, 4.69) is 28.6 Å². The molecule has 2 aliphatic rings. The summed E-state index contributed by atoms with van der Waals surface area (Å²) < 4.78 is 16.0. The molecule has 1 N–H and O–H groups in total. The molecule has 1 aliphatic carbocycles. The summed E-state index contributed by atoms with van der Waals surface area (Å²) in [4.78, 5) is 2.64. The average Bonchev–Trinajstić information content (AvgIpc) is 3.48. The second kappa shape index (κ2) is 10.3. The Morgan fingerprint density at radius 1 is 1.00 bits per heavy atom. The fourth-order valence-electron chi connectivity index (χ4n) is 6.15. The maximum Gasteiger partial charge on any atom is 0.123 e. The first kappa shape index (κ1) is 23.1. The largest absolute Gasteiger partial charge is 0.508 e. The third kappa shape index (κ3) is 5.20. The highest BCUT2D eigenvalue weighted by Crippen LogP contribution is 2.41. The van der Waals surface area contributed by atoms with E-state index in [-0.39, 0.29) is 5.82 Å². The van der Waals surface area contributed by atoms with E-state index in [1.807, 2.05) is 18.2 Å². The number of phenolic OH excluding ortho intramolecular Hbond substituents is 1. The number of rotatable bonds is 7. The van der Waals surface area contributed by atoms with Crippen LogP contribution in [0.15, 0.2) is 54.6 Å². The lowest BCUT2D eigenvalue weighted by Crippen LogP contribution is -2.37. The molecular weight excluding hydrogens is 425 g/mol. The molecule has 5 rings (SSSR count). The van der Waals surface area contributed by atoms with Gasteiger partial charge in [-0.3, -0.25) is 4.68 Å². The second-order valence-corrected chi connectivity index (χ2v) is 10.1. The lowest BCUT2D eigenvalue weighted by molar-refractivity contribution is 0.175. The third-order valence-corrected chi connectivity index (χ3v) is 7.92. The molecule has 1 saturated carbocycles. The number of hydrogen-bond acceptors (Lipinski definition) is 3. The van der Waals surface area contributed by atoms with Gasteiger partial charge in [0.25, 0.3) is 0 Å². The summed E-state index contributed by atoms with van der Waals surface area (Å²) in [6.07, 6.45) is 6.82. The molecule has 0 spiro atoms. The Morgan fingerprint density at radius 3 is 2.53 bits per heavy atom. The maximum absolute atomic E-state index is 13.8. The lowest BCUT2D eigenvalue weighted by atomic mass is 9.87. The first-order chi connectivity index (χ1) is 16.6. The van der Waals surface area contributed by atoms with Gasteiger partial charge in [-0.25, -0.2) is 4.39 Å². The molecular formula is C29H36FN3O. The van der Waals surface area contributed by atoms with Crippen LogP contribution in [0.5, 0.6) is 5.75 Å². The maximum atomic E-state index is 13.8. The SMILES string of the molecule is CCn1nc(Cc2ccc(O)cc2)cc1C1CCN(CC2CCC[C@@H]2c2cccc(F)c2)CC1. The fourth-order valence-corrected chi connectivity index (χ4v) is 6.15. The van der Waals surface area contributed by atoms with Crippen LogP contribution >= 0.6 is 0 Å². The van der Waals surface area contributed by atoms with Crippen LogP contribution in [-0.4, -0.2) is 39.4 Å². The highest BCUT2D eigenvalue weighted by molar-refractivity contribution is 5.30. The van der Waals surface area contributed by atoms with Gasteiger partial charge in [0.05, 0.1) is 5.69 Å². The average molecular weight is 462 g/mol. The van der Waals surface area contributed by atoms with Crippen LogP contribution in [0.1, 0.15) is 73.4 Å². The quantitative estimate of drug-likeness (QED) is 0.462. The molecule has 2 fully saturated rings. The van der Waals surface area contributed by atoms with Gasteiger partial charge in [-0.05, 0) is 99.0 Å². The zero-order valence-corrected chi connectivity index (χ0v) is 20.2. The van der Waals surface area contributed by atoms with E-state index >= 15 is 0 Å².